The number of amides is 1. The number of carbonyl (C=O) groups excluding carboxylic acids is 1. The second-order valence-corrected chi connectivity index (χ2v) is 7.07. The molecule has 11 heteroatoms. The second-order valence-electron chi connectivity index (χ2n) is 7.07. The highest BCUT2D eigenvalue weighted by Crippen LogP contribution is 2.27. The highest BCUT2D eigenvalue weighted by atomic mass is 19.3. The van der Waals surface area contributed by atoms with Crippen molar-refractivity contribution in [1.29, 1.82) is 0 Å². The van der Waals surface area contributed by atoms with Crippen molar-refractivity contribution in [3.05, 3.63) is 23.9 Å². The van der Waals surface area contributed by atoms with Gasteiger partial charge in [0.1, 0.15) is 0 Å². The number of anilines is 2. The first-order valence-electron chi connectivity index (χ1n) is 9.35. The molecule has 2 aromatic rings. The third kappa shape index (κ3) is 5.36. The predicted molar refractivity (Wildman–Crippen MR) is 98.5 cm³/mol. The third-order valence-electron chi connectivity index (χ3n) is 4.90. The Balaban J connectivity index is 1.58. The molecule has 1 fully saturated rings. The molecule has 1 aliphatic rings. The minimum atomic E-state index is -2.76. The molecule has 1 aliphatic carbocycles. The standard InChI is InChI=1S/C18H23F3N6O2/c1-10-15(8-23-27(10)17(20)21)25-18-22-7-14(19)16(26-18)29-9-12-3-5-13(6-4-12)24-11(2)28/h7-8,12-13,17H,3-6,9H2,1-2H3,(H,24,28)(H,22,25,26)/t12-,13-. The minimum absolute atomic E-state index is 0.0210. The number of hydrogen-bond acceptors (Lipinski definition) is 6. The number of nitrogens with zero attached hydrogens (tertiary/aromatic N) is 4. The third-order valence-corrected chi connectivity index (χ3v) is 4.90. The molecule has 2 aromatic heterocycles. The topological polar surface area (TPSA) is 94.0 Å². The summed E-state index contributed by atoms with van der Waals surface area (Å²) in [5, 5.41) is 9.25. The molecule has 2 heterocycles. The molecular weight excluding hydrogens is 389 g/mol. The van der Waals surface area contributed by atoms with Crippen LogP contribution in [0.4, 0.5) is 24.8 Å². The van der Waals surface area contributed by atoms with Gasteiger partial charge in [-0.05, 0) is 38.5 Å². The molecule has 0 saturated heterocycles. The van der Waals surface area contributed by atoms with Crippen LogP contribution in [0, 0.1) is 18.7 Å². The van der Waals surface area contributed by atoms with Crippen LogP contribution in [0.1, 0.15) is 44.9 Å². The van der Waals surface area contributed by atoms with Crippen molar-refractivity contribution >= 4 is 17.5 Å². The van der Waals surface area contributed by atoms with Crippen molar-refractivity contribution < 1.29 is 22.7 Å². The summed E-state index contributed by atoms with van der Waals surface area (Å²) in [6.07, 6.45) is 5.59. The number of rotatable bonds is 7. The molecule has 2 N–H and O–H groups in total. The lowest BCUT2D eigenvalue weighted by Crippen LogP contribution is -2.37. The zero-order chi connectivity index (χ0) is 21.0. The van der Waals surface area contributed by atoms with Gasteiger partial charge in [-0.3, -0.25) is 4.79 Å². The van der Waals surface area contributed by atoms with Crippen molar-refractivity contribution in [2.24, 2.45) is 5.92 Å². The van der Waals surface area contributed by atoms with Crippen LogP contribution in [-0.2, 0) is 4.79 Å². The van der Waals surface area contributed by atoms with E-state index in [1.807, 2.05) is 0 Å². The van der Waals surface area contributed by atoms with Crippen LogP contribution < -0.4 is 15.4 Å². The lowest BCUT2D eigenvalue weighted by Gasteiger charge is -2.28. The van der Waals surface area contributed by atoms with E-state index in [0.29, 0.717) is 17.0 Å². The smallest absolute Gasteiger partial charge is 0.333 e. The van der Waals surface area contributed by atoms with Crippen LogP contribution in [0.3, 0.4) is 0 Å². The summed E-state index contributed by atoms with van der Waals surface area (Å²) in [4.78, 5) is 18.9. The van der Waals surface area contributed by atoms with Crippen molar-refractivity contribution in [2.45, 2.75) is 52.1 Å². The van der Waals surface area contributed by atoms with Crippen molar-refractivity contribution in [3.8, 4) is 5.88 Å². The Bertz CT molecular complexity index is 852. The van der Waals surface area contributed by atoms with Crippen LogP contribution in [-0.4, -0.2) is 38.3 Å². The van der Waals surface area contributed by atoms with Gasteiger partial charge in [0, 0.05) is 13.0 Å². The highest BCUT2D eigenvalue weighted by Gasteiger charge is 2.23. The molecule has 3 rings (SSSR count). The molecule has 0 unspecified atom stereocenters. The molecule has 1 saturated carbocycles. The summed E-state index contributed by atoms with van der Waals surface area (Å²) in [7, 11) is 0. The van der Waals surface area contributed by atoms with Crippen molar-refractivity contribution in [3.63, 3.8) is 0 Å². The minimum Gasteiger partial charge on any atom is -0.475 e. The van der Waals surface area contributed by atoms with Gasteiger partial charge in [-0.25, -0.2) is 9.67 Å². The Morgan fingerprint density at radius 2 is 2.03 bits per heavy atom. The maximum Gasteiger partial charge on any atom is 0.333 e. The summed E-state index contributed by atoms with van der Waals surface area (Å²) in [5.41, 5.74) is 0.491. The fraction of sp³-hybridized carbons (Fsp3) is 0.556. The van der Waals surface area contributed by atoms with E-state index in [2.05, 4.69) is 25.7 Å². The molecule has 158 valence electrons. The number of halogens is 3. The van der Waals surface area contributed by atoms with E-state index < -0.39 is 12.4 Å². The van der Waals surface area contributed by atoms with Gasteiger partial charge in [-0.15, -0.1) is 0 Å². The summed E-state index contributed by atoms with van der Waals surface area (Å²) in [6, 6.07) is 0.174. The van der Waals surface area contributed by atoms with Crippen LogP contribution in [0.5, 0.6) is 5.88 Å². The average Bonchev–Trinajstić information content (AvgIpc) is 3.03. The van der Waals surface area contributed by atoms with E-state index in [0.717, 1.165) is 31.9 Å². The highest BCUT2D eigenvalue weighted by molar-refractivity contribution is 5.73. The van der Waals surface area contributed by atoms with Gasteiger partial charge in [-0.2, -0.15) is 23.3 Å². The zero-order valence-electron chi connectivity index (χ0n) is 16.2. The lowest BCUT2D eigenvalue weighted by atomic mass is 9.86. The molecule has 0 bridgehead atoms. The van der Waals surface area contributed by atoms with E-state index >= 15 is 0 Å². The van der Waals surface area contributed by atoms with Gasteiger partial charge in [0.15, 0.2) is 0 Å². The molecule has 1 amide bonds. The SMILES string of the molecule is CC(=O)N[C@H]1CC[C@H](COc2nc(Nc3cnn(C(F)F)c3C)ncc2F)CC1. The number of carbonyl (C=O) groups is 1. The predicted octanol–water partition coefficient (Wildman–Crippen LogP) is 3.33. The molecule has 29 heavy (non-hydrogen) atoms. The first-order valence-corrected chi connectivity index (χ1v) is 9.35. The fourth-order valence-electron chi connectivity index (χ4n) is 3.33. The van der Waals surface area contributed by atoms with Gasteiger partial charge < -0.3 is 15.4 Å². The van der Waals surface area contributed by atoms with Gasteiger partial charge in [-0.1, -0.05) is 0 Å². The monoisotopic (exact) mass is 412 g/mol. The molecule has 0 aliphatic heterocycles. The Kier molecular flexibility index (Phi) is 6.55. The molecule has 8 nitrogen and oxygen atoms in total. The summed E-state index contributed by atoms with van der Waals surface area (Å²) in [6.45, 7) is 0.500. The summed E-state index contributed by atoms with van der Waals surface area (Å²) in [5.74, 6) is -0.694. The van der Waals surface area contributed by atoms with Crippen LogP contribution in [0.2, 0.25) is 0 Å². The van der Waals surface area contributed by atoms with Gasteiger partial charge in [0.25, 0.3) is 5.88 Å². The van der Waals surface area contributed by atoms with Crippen LogP contribution in [0.15, 0.2) is 12.4 Å². The Labute approximate surface area is 165 Å². The van der Waals surface area contributed by atoms with E-state index in [4.69, 9.17) is 4.74 Å². The van der Waals surface area contributed by atoms with E-state index in [1.54, 1.807) is 0 Å². The van der Waals surface area contributed by atoms with Crippen LogP contribution >= 0.6 is 0 Å². The molecule has 0 spiro atoms. The van der Waals surface area contributed by atoms with Crippen molar-refractivity contribution in [1.82, 2.24) is 25.1 Å². The summed E-state index contributed by atoms with van der Waals surface area (Å²) >= 11 is 0. The van der Waals surface area contributed by atoms with E-state index in [1.165, 1.54) is 20.0 Å². The molecule has 0 aromatic carbocycles. The largest absolute Gasteiger partial charge is 0.475 e. The van der Waals surface area contributed by atoms with Gasteiger partial charge >= 0.3 is 6.55 Å². The summed E-state index contributed by atoms with van der Waals surface area (Å²) < 4.78 is 45.7. The molecular formula is C18H23F3N6O2. The first kappa shape index (κ1) is 20.9. The van der Waals surface area contributed by atoms with Gasteiger partial charge in [0.2, 0.25) is 17.7 Å². The molecule has 0 radical (unpaired) electrons. The number of hydrogen-bond donors (Lipinski definition) is 2. The number of aromatic nitrogens is 4. The maximum atomic E-state index is 14.0. The van der Waals surface area contributed by atoms with Gasteiger partial charge in [0.05, 0.1) is 30.4 Å². The van der Waals surface area contributed by atoms with E-state index in [-0.39, 0.29) is 35.4 Å². The molecule has 0 atom stereocenters. The van der Waals surface area contributed by atoms with Crippen molar-refractivity contribution in [2.75, 3.05) is 11.9 Å². The number of ether oxygens (including phenoxy) is 1. The lowest BCUT2D eigenvalue weighted by molar-refractivity contribution is -0.119. The maximum absolute atomic E-state index is 14.0. The quantitative estimate of drug-likeness (QED) is 0.725. The van der Waals surface area contributed by atoms with Crippen LogP contribution in [0.25, 0.3) is 0 Å². The Morgan fingerprint density at radius 1 is 1.31 bits per heavy atom. The fourth-order valence-corrected chi connectivity index (χ4v) is 3.33. The number of nitrogens with one attached hydrogen (secondary N) is 2. The number of alkyl halides is 2. The zero-order valence-corrected chi connectivity index (χ0v) is 16.2. The normalized spacial score (nSPS) is 19.2. The second kappa shape index (κ2) is 9.10. The Hall–Kier alpha value is -2.85. The first-order chi connectivity index (χ1) is 13.8. The average molecular weight is 412 g/mol. The Morgan fingerprint density at radius 3 is 2.66 bits per heavy atom. The van der Waals surface area contributed by atoms with E-state index in [9.17, 15) is 18.0 Å².